The summed E-state index contributed by atoms with van der Waals surface area (Å²) in [4.78, 5) is 47.0. The van der Waals surface area contributed by atoms with Gasteiger partial charge in [-0.2, -0.15) is 0 Å². The summed E-state index contributed by atoms with van der Waals surface area (Å²) in [5.74, 6) is -1.69. The second kappa shape index (κ2) is 11.6. The van der Waals surface area contributed by atoms with E-state index in [1.807, 2.05) is 30.3 Å². The number of carbonyl (C=O) groups is 2. The van der Waals surface area contributed by atoms with Crippen molar-refractivity contribution in [1.29, 1.82) is 0 Å². The first-order chi connectivity index (χ1) is 24.4. The lowest BCUT2D eigenvalue weighted by molar-refractivity contribution is -0.121. The van der Waals surface area contributed by atoms with Crippen LogP contribution in [0.1, 0.15) is 32.8 Å². The average molecular weight is 717 g/mol. The van der Waals surface area contributed by atoms with Crippen LogP contribution in [0, 0.1) is 5.82 Å². The maximum absolute atomic E-state index is 15.2. The molecular weight excluding hydrogens is 695 g/mol. The lowest BCUT2D eigenvalue weighted by Crippen LogP contribution is -2.53. The lowest BCUT2D eigenvalue weighted by Gasteiger charge is -2.32. The number of para-hydroxylation sites is 1. The molecule has 0 aliphatic carbocycles. The molecule has 0 saturated carbocycles. The number of aromatic nitrogens is 2. The van der Waals surface area contributed by atoms with Crippen molar-refractivity contribution in [2.45, 2.75) is 22.2 Å². The van der Waals surface area contributed by atoms with E-state index in [1.165, 1.54) is 27.6 Å². The van der Waals surface area contributed by atoms with Gasteiger partial charge in [-0.05, 0) is 52.2 Å². The molecule has 1 spiro atoms. The predicted molar refractivity (Wildman–Crippen MR) is 193 cm³/mol. The molecule has 0 radical (unpaired) electrons. The Kier molecular flexibility index (Phi) is 7.13. The first-order valence-corrected chi connectivity index (χ1v) is 17.7. The fraction of sp³-hybridized carbons (Fsp3) is 0.0789. The zero-order valence-electron chi connectivity index (χ0n) is 25.8. The second-order valence-corrected chi connectivity index (χ2v) is 14.5. The van der Waals surface area contributed by atoms with Gasteiger partial charge in [-0.3, -0.25) is 19.3 Å². The number of amides is 2. The van der Waals surface area contributed by atoms with Crippen molar-refractivity contribution in [2.75, 3.05) is 9.80 Å². The first kappa shape index (κ1) is 30.7. The molecule has 7 aromatic rings. The second-order valence-electron chi connectivity index (χ2n) is 11.9. The predicted octanol–water partition coefficient (Wildman–Crippen LogP) is 8.33. The quantitative estimate of drug-likeness (QED) is 0.126. The standard InChI is InChI=1S/C38H22ClFN4O4S2/c39-28-14-5-2-9-22(28)19-43-29-15-6-4-13-27(29)38(35(43)47)31-32(45)26-18-24(40)16-17-30(26)48-33(31)34(46)44(38)36-41-42-37(50-36)49-20-23-11-7-10-21-8-1-3-12-25(21)23/h1-18H,19-20H2. The van der Waals surface area contributed by atoms with Gasteiger partial charge in [0.15, 0.2) is 15.3 Å². The van der Waals surface area contributed by atoms with E-state index in [4.69, 9.17) is 16.0 Å². The molecule has 244 valence electrons. The fourth-order valence-corrected chi connectivity index (χ4v) is 9.09. The van der Waals surface area contributed by atoms with Crippen LogP contribution >= 0.6 is 34.7 Å². The molecule has 2 aliphatic heterocycles. The average Bonchev–Trinajstić information content (AvgIpc) is 3.77. The van der Waals surface area contributed by atoms with Crippen molar-refractivity contribution in [3.63, 3.8) is 0 Å². The summed E-state index contributed by atoms with van der Waals surface area (Å²) in [5, 5.41) is 11.6. The highest BCUT2D eigenvalue weighted by Crippen LogP contribution is 2.55. The summed E-state index contributed by atoms with van der Waals surface area (Å²) in [6.07, 6.45) is 0. The Morgan fingerprint density at radius 1 is 0.840 bits per heavy atom. The van der Waals surface area contributed by atoms with Crippen LogP contribution in [0.4, 0.5) is 15.2 Å². The number of rotatable bonds is 6. The van der Waals surface area contributed by atoms with Gasteiger partial charge in [0.25, 0.3) is 11.8 Å². The molecule has 8 nitrogen and oxygen atoms in total. The Balaban J connectivity index is 1.21. The summed E-state index contributed by atoms with van der Waals surface area (Å²) in [6.45, 7) is 0.0599. The minimum atomic E-state index is -2.01. The van der Waals surface area contributed by atoms with Crippen LogP contribution in [-0.4, -0.2) is 22.0 Å². The topological polar surface area (TPSA) is 96.6 Å². The van der Waals surface area contributed by atoms with E-state index in [9.17, 15) is 14.0 Å². The minimum absolute atomic E-state index is 0.0238. The van der Waals surface area contributed by atoms with Gasteiger partial charge in [-0.1, -0.05) is 114 Å². The number of anilines is 2. The maximum Gasteiger partial charge on any atom is 0.297 e. The number of carbonyl (C=O) groups excluding carboxylic acids is 2. The third-order valence-corrected chi connectivity index (χ3v) is 11.6. The van der Waals surface area contributed by atoms with Crippen LogP contribution in [0.5, 0.6) is 0 Å². The van der Waals surface area contributed by atoms with Crippen LogP contribution in [0.15, 0.2) is 123 Å². The number of fused-ring (bicyclic) bond motifs is 6. The molecule has 50 heavy (non-hydrogen) atoms. The zero-order valence-corrected chi connectivity index (χ0v) is 28.2. The molecule has 2 amide bonds. The normalized spacial score (nSPS) is 16.6. The Hall–Kier alpha value is -5.36. The van der Waals surface area contributed by atoms with E-state index >= 15 is 4.79 Å². The molecule has 0 fully saturated rings. The van der Waals surface area contributed by atoms with Crippen LogP contribution in [-0.2, 0) is 22.6 Å². The number of thioether (sulfide) groups is 1. The van der Waals surface area contributed by atoms with Crippen molar-refractivity contribution >= 4 is 79.1 Å². The van der Waals surface area contributed by atoms with Crippen molar-refractivity contribution in [3.05, 3.63) is 158 Å². The molecular formula is C38H22ClFN4O4S2. The summed E-state index contributed by atoms with van der Waals surface area (Å²) in [5.41, 5.74) is -0.229. The van der Waals surface area contributed by atoms with E-state index in [-0.39, 0.29) is 34.0 Å². The molecule has 1 atom stereocenters. The first-order valence-electron chi connectivity index (χ1n) is 15.6. The molecule has 5 aromatic carbocycles. The van der Waals surface area contributed by atoms with Gasteiger partial charge in [0, 0.05) is 16.3 Å². The van der Waals surface area contributed by atoms with Crippen LogP contribution in [0.2, 0.25) is 5.02 Å². The molecule has 0 bridgehead atoms. The molecule has 1 unspecified atom stereocenters. The number of benzene rings is 5. The number of halogens is 2. The minimum Gasteiger partial charge on any atom is -0.450 e. The molecule has 4 heterocycles. The summed E-state index contributed by atoms with van der Waals surface area (Å²) in [6, 6.07) is 31.9. The molecule has 9 rings (SSSR count). The monoisotopic (exact) mass is 716 g/mol. The maximum atomic E-state index is 15.2. The Morgan fingerprint density at radius 3 is 2.48 bits per heavy atom. The molecule has 0 N–H and O–H groups in total. The van der Waals surface area contributed by atoms with Crippen LogP contribution < -0.4 is 15.2 Å². The van der Waals surface area contributed by atoms with Crippen molar-refractivity contribution in [3.8, 4) is 0 Å². The van der Waals surface area contributed by atoms with Gasteiger partial charge >= 0.3 is 0 Å². The number of hydrogen-bond donors (Lipinski definition) is 0. The van der Waals surface area contributed by atoms with Gasteiger partial charge in [0.05, 0.1) is 23.2 Å². The van der Waals surface area contributed by atoms with Gasteiger partial charge in [0.2, 0.25) is 10.9 Å². The van der Waals surface area contributed by atoms with E-state index < -0.39 is 28.6 Å². The third kappa shape index (κ3) is 4.47. The highest BCUT2D eigenvalue weighted by molar-refractivity contribution is 8.00. The highest BCUT2D eigenvalue weighted by atomic mass is 35.5. The van der Waals surface area contributed by atoms with E-state index in [2.05, 4.69) is 34.5 Å². The zero-order chi connectivity index (χ0) is 34.1. The Morgan fingerprint density at radius 2 is 1.60 bits per heavy atom. The SMILES string of the molecule is O=C1c2oc3ccc(F)cc3c(=O)c2C2(C(=O)N(Cc3ccccc3Cl)c3ccccc32)N1c1nnc(SCc2cccc3ccccc23)s1. The van der Waals surface area contributed by atoms with Gasteiger partial charge in [-0.25, -0.2) is 4.39 Å². The van der Waals surface area contributed by atoms with Crippen molar-refractivity contribution < 1.29 is 18.4 Å². The number of hydrogen-bond acceptors (Lipinski definition) is 8. The molecule has 2 aromatic heterocycles. The Bertz CT molecular complexity index is 2620. The van der Waals surface area contributed by atoms with Gasteiger partial charge < -0.3 is 9.32 Å². The summed E-state index contributed by atoms with van der Waals surface area (Å²) < 4.78 is 21.2. The van der Waals surface area contributed by atoms with E-state index in [0.29, 0.717) is 31.9 Å². The van der Waals surface area contributed by atoms with Crippen LogP contribution in [0.3, 0.4) is 0 Å². The van der Waals surface area contributed by atoms with Crippen molar-refractivity contribution in [2.24, 2.45) is 0 Å². The Labute approximate surface area is 296 Å². The molecule has 0 saturated heterocycles. The van der Waals surface area contributed by atoms with Gasteiger partial charge in [0.1, 0.15) is 11.4 Å². The highest BCUT2D eigenvalue weighted by Gasteiger charge is 2.66. The van der Waals surface area contributed by atoms with Gasteiger partial charge in [-0.15, -0.1) is 10.2 Å². The smallest absolute Gasteiger partial charge is 0.297 e. The van der Waals surface area contributed by atoms with E-state index in [0.717, 1.165) is 39.8 Å². The largest absolute Gasteiger partial charge is 0.450 e. The number of nitrogens with zero attached hydrogens (tertiary/aromatic N) is 4. The van der Waals surface area contributed by atoms with Crippen molar-refractivity contribution in [1.82, 2.24) is 10.2 Å². The lowest BCUT2D eigenvalue weighted by atomic mass is 9.84. The molecule has 12 heteroatoms. The fourth-order valence-electron chi connectivity index (χ4n) is 7.00. The summed E-state index contributed by atoms with van der Waals surface area (Å²) in [7, 11) is 0. The third-order valence-electron chi connectivity index (χ3n) is 9.19. The molecule has 2 aliphatic rings. The van der Waals surface area contributed by atoms with E-state index in [1.54, 1.807) is 36.4 Å². The summed E-state index contributed by atoms with van der Waals surface area (Å²) >= 11 is 9.14. The van der Waals surface area contributed by atoms with Crippen LogP contribution in [0.25, 0.3) is 21.7 Å².